The predicted molar refractivity (Wildman–Crippen MR) is 112 cm³/mol. The number of thiophene rings is 1. The van der Waals surface area contributed by atoms with Crippen LogP contribution in [0.3, 0.4) is 0 Å². The normalized spacial score (nSPS) is 17.1. The minimum absolute atomic E-state index is 0.492. The average molecular weight is 388 g/mol. The Kier molecular flexibility index (Phi) is 7.54. The molecule has 5 nitrogen and oxygen atoms in total. The van der Waals surface area contributed by atoms with Gasteiger partial charge < -0.3 is 20.1 Å². The van der Waals surface area contributed by atoms with Crippen molar-refractivity contribution in [3.05, 3.63) is 51.7 Å². The number of rotatable bonds is 8. The molecule has 2 heterocycles. The summed E-state index contributed by atoms with van der Waals surface area (Å²) >= 11 is 1.74. The second-order valence-corrected chi connectivity index (χ2v) is 7.81. The lowest BCUT2D eigenvalue weighted by molar-refractivity contribution is 0.166. The molecule has 3 rings (SSSR count). The van der Waals surface area contributed by atoms with Gasteiger partial charge in [-0.05, 0) is 43.3 Å². The standard InChI is InChI=1S/C21H29N3O2S/c1-3-22-21(24-13-19-5-4-10-27-19)23-12-18-7-6-16(2)11-20(18)26-15-17-8-9-25-14-17/h4-7,10-11,17H,3,8-9,12-15H2,1-2H3,(H2,22,23,24). The van der Waals surface area contributed by atoms with Gasteiger partial charge >= 0.3 is 0 Å². The highest BCUT2D eigenvalue weighted by Gasteiger charge is 2.17. The van der Waals surface area contributed by atoms with E-state index < -0.39 is 0 Å². The smallest absolute Gasteiger partial charge is 0.191 e. The van der Waals surface area contributed by atoms with Crippen molar-refractivity contribution in [2.45, 2.75) is 33.4 Å². The summed E-state index contributed by atoms with van der Waals surface area (Å²) in [6.45, 7) is 8.71. The Morgan fingerprint density at radius 1 is 1.33 bits per heavy atom. The van der Waals surface area contributed by atoms with Crippen LogP contribution in [0.1, 0.15) is 29.3 Å². The Bertz CT molecular complexity index is 725. The Balaban J connectivity index is 1.63. The van der Waals surface area contributed by atoms with E-state index in [9.17, 15) is 0 Å². The quantitative estimate of drug-likeness (QED) is 0.535. The number of nitrogens with zero attached hydrogens (tertiary/aromatic N) is 1. The van der Waals surface area contributed by atoms with Crippen LogP contribution in [0.25, 0.3) is 0 Å². The van der Waals surface area contributed by atoms with Crippen molar-refractivity contribution < 1.29 is 9.47 Å². The summed E-state index contributed by atoms with van der Waals surface area (Å²) in [5, 5.41) is 8.79. The second kappa shape index (κ2) is 10.3. The van der Waals surface area contributed by atoms with Crippen LogP contribution in [0.5, 0.6) is 5.75 Å². The summed E-state index contributed by atoms with van der Waals surface area (Å²) in [4.78, 5) is 6.04. The highest BCUT2D eigenvalue weighted by atomic mass is 32.1. The molecule has 0 amide bonds. The maximum atomic E-state index is 6.12. The van der Waals surface area contributed by atoms with E-state index >= 15 is 0 Å². The van der Waals surface area contributed by atoms with Crippen molar-refractivity contribution in [2.24, 2.45) is 10.9 Å². The Morgan fingerprint density at radius 2 is 2.26 bits per heavy atom. The summed E-state index contributed by atoms with van der Waals surface area (Å²) < 4.78 is 11.6. The molecule has 1 saturated heterocycles. The first-order chi connectivity index (χ1) is 13.2. The lowest BCUT2D eigenvalue weighted by Gasteiger charge is -2.15. The maximum Gasteiger partial charge on any atom is 0.191 e. The molecule has 6 heteroatoms. The van der Waals surface area contributed by atoms with E-state index in [0.717, 1.165) is 50.0 Å². The molecule has 1 unspecified atom stereocenters. The predicted octanol–water partition coefficient (Wildman–Crippen LogP) is 3.73. The first kappa shape index (κ1) is 19.7. The van der Waals surface area contributed by atoms with Gasteiger partial charge in [0.1, 0.15) is 5.75 Å². The maximum absolute atomic E-state index is 6.12. The molecule has 0 spiro atoms. The van der Waals surface area contributed by atoms with Gasteiger partial charge in [-0.3, -0.25) is 0 Å². The van der Waals surface area contributed by atoms with Crippen molar-refractivity contribution in [1.29, 1.82) is 0 Å². The third kappa shape index (κ3) is 6.26. The van der Waals surface area contributed by atoms with Gasteiger partial charge in [-0.2, -0.15) is 0 Å². The van der Waals surface area contributed by atoms with Gasteiger partial charge in [0.2, 0.25) is 0 Å². The van der Waals surface area contributed by atoms with Gasteiger partial charge in [0.25, 0.3) is 0 Å². The zero-order valence-electron chi connectivity index (χ0n) is 16.2. The van der Waals surface area contributed by atoms with Crippen LogP contribution in [0.4, 0.5) is 0 Å². The largest absolute Gasteiger partial charge is 0.493 e. The molecule has 1 aromatic heterocycles. The zero-order valence-corrected chi connectivity index (χ0v) is 17.0. The summed E-state index contributed by atoms with van der Waals surface area (Å²) in [5.74, 6) is 2.24. The van der Waals surface area contributed by atoms with E-state index in [4.69, 9.17) is 14.5 Å². The fourth-order valence-electron chi connectivity index (χ4n) is 2.94. The fraction of sp³-hybridized carbons (Fsp3) is 0.476. The summed E-state index contributed by atoms with van der Waals surface area (Å²) in [5.41, 5.74) is 2.30. The van der Waals surface area contributed by atoms with E-state index in [1.807, 2.05) is 0 Å². The molecule has 2 N–H and O–H groups in total. The number of guanidine groups is 1. The molecule has 0 bridgehead atoms. The first-order valence-electron chi connectivity index (χ1n) is 9.59. The molecule has 1 fully saturated rings. The molecule has 27 heavy (non-hydrogen) atoms. The summed E-state index contributed by atoms with van der Waals surface area (Å²) in [7, 11) is 0. The third-order valence-electron chi connectivity index (χ3n) is 4.48. The number of hydrogen-bond acceptors (Lipinski definition) is 4. The Hall–Kier alpha value is -2.05. The van der Waals surface area contributed by atoms with Crippen LogP contribution >= 0.6 is 11.3 Å². The van der Waals surface area contributed by atoms with Crippen molar-refractivity contribution in [3.63, 3.8) is 0 Å². The van der Waals surface area contributed by atoms with Gasteiger partial charge in [-0.1, -0.05) is 18.2 Å². The average Bonchev–Trinajstić information content (AvgIpc) is 3.37. The van der Waals surface area contributed by atoms with E-state index in [1.165, 1.54) is 10.4 Å². The van der Waals surface area contributed by atoms with Crippen LogP contribution in [0.2, 0.25) is 0 Å². The zero-order chi connectivity index (χ0) is 18.9. The number of aryl methyl sites for hydroxylation is 1. The van der Waals surface area contributed by atoms with Gasteiger partial charge in [0, 0.05) is 29.5 Å². The third-order valence-corrected chi connectivity index (χ3v) is 5.36. The number of aliphatic imine (C=N–C) groups is 1. The monoisotopic (exact) mass is 387 g/mol. The number of benzene rings is 1. The molecule has 1 aliphatic rings. The van der Waals surface area contributed by atoms with Gasteiger partial charge in [0.05, 0.1) is 26.3 Å². The van der Waals surface area contributed by atoms with E-state index in [2.05, 4.69) is 60.2 Å². The molecule has 1 aromatic carbocycles. The second-order valence-electron chi connectivity index (χ2n) is 6.78. The summed E-state index contributed by atoms with van der Waals surface area (Å²) in [6.07, 6.45) is 1.08. The molecule has 1 aliphatic heterocycles. The minimum atomic E-state index is 0.492. The molecule has 146 valence electrons. The Morgan fingerprint density at radius 3 is 3.00 bits per heavy atom. The fourth-order valence-corrected chi connectivity index (χ4v) is 3.58. The molecule has 1 atom stereocenters. The number of ether oxygens (including phenoxy) is 2. The SMILES string of the molecule is CCNC(=NCc1ccc(C)cc1OCC1CCOC1)NCc1cccs1. The van der Waals surface area contributed by atoms with Crippen LogP contribution in [-0.2, 0) is 17.8 Å². The topological polar surface area (TPSA) is 54.9 Å². The van der Waals surface area contributed by atoms with Gasteiger partial charge in [-0.15, -0.1) is 11.3 Å². The molecule has 2 aromatic rings. The van der Waals surface area contributed by atoms with Gasteiger partial charge in [-0.25, -0.2) is 4.99 Å². The highest BCUT2D eigenvalue weighted by Crippen LogP contribution is 2.23. The molecule has 0 saturated carbocycles. The van der Waals surface area contributed by atoms with E-state index in [-0.39, 0.29) is 0 Å². The lowest BCUT2D eigenvalue weighted by atomic mass is 10.1. The van der Waals surface area contributed by atoms with Crippen molar-refractivity contribution in [1.82, 2.24) is 10.6 Å². The molecular formula is C21H29N3O2S. The van der Waals surface area contributed by atoms with E-state index in [1.54, 1.807) is 11.3 Å². The molecular weight excluding hydrogens is 358 g/mol. The Labute approximate surface area is 165 Å². The van der Waals surface area contributed by atoms with Crippen LogP contribution in [-0.4, -0.2) is 32.3 Å². The first-order valence-corrected chi connectivity index (χ1v) is 10.5. The van der Waals surface area contributed by atoms with Crippen LogP contribution in [0.15, 0.2) is 40.7 Å². The van der Waals surface area contributed by atoms with Crippen molar-refractivity contribution in [2.75, 3.05) is 26.4 Å². The molecule has 0 radical (unpaired) electrons. The minimum Gasteiger partial charge on any atom is -0.493 e. The van der Waals surface area contributed by atoms with Crippen LogP contribution in [0, 0.1) is 12.8 Å². The highest BCUT2D eigenvalue weighted by molar-refractivity contribution is 7.09. The summed E-state index contributed by atoms with van der Waals surface area (Å²) in [6, 6.07) is 10.5. The molecule has 0 aliphatic carbocycles. The van der Waals surface area contributed by atoms with Crippen molar-refractivity contribution in [3.8, 4) is 5.75 Å². The van der Waals surface area contributed by atoms with Gasteiger partial charge in [0.15, 0.2) is 5.96 Å². The van der Waals surface area contributed by atoms with Crippen molar-refractivity contribution >= 4 is 17.3 Å². The van der Waals surface area contributed by atoms with Crippen LogP contribution < -0.4 is 15.4 Å². The lowest BCUT2D eigenvalue weighted by Crippen LogP contribution is -2.36. The number of nitrogens with one attached hydrogen (secondary N) is 2. The van der Waals surface area contributed by atoms with E-state index in [0.29, 0.717) is 19.1 Å². The number of hydrogen-bond donors (Lipinski definition) is 2.